The minimum Gasteiger partial charge on any atom is -0.467 e. The van der Waals surface area contributed by atoms with Gasteiger partial charge in [0.1, 0.15) is 6.04 Å². The molecule has 0 radical (unpaired) electrons. The summed E-state index contributed by atoms with van der Waals surface area (Å²) < 4.78 is 6.76. The molecular formula is C24H25N3O3. The molecule has 1 aliphatic carbocycles. The fourth-order valence-corrected chi connectivity index (χ4v) is 4.25. The van der Waals surface area contributed by atoms with Crippen molar-refractivity contribution in [3.63, 3.8) is 0 Å². The quantitative estimate of drug-likeness (QED) is 0.663. The number of hydrogen-bond acceptors (Lipinski definition) is 4. The van der Waals surface area contributed by atoms with Gasteiger partial charge in [-0.1, -0.05) is 30.3 Å². The lowest BCUT2D eigenvalue weighted by atomic mass is 9.92. The van der Waals surface area contributed by atoms with Gasteiger partial charge in [-0.05, 0) is 54.2 Å². The fraction of sp³-hybridized carbons (Fsp3) is 0.292. The lowest BCUT2D eigenvalue weighted by molar-refractivity contribution is -0.143. The van der Waals surface area contributed by atoms with Crippen LogP contribution < -0.4 is 5.32 Å². The van der Waals surface area contributed by atoms with E-state index in [1.165, 1.54) is 12.7 Å². The predicted octanol–water partition coefficient (Wildman–Crippen LogP) is 3.40. The molecule has 0 saturated heterocycles. The van der Waals surface area contributed by atoms with Gasteiger partial charge in [-0.25, -0.2) is 4.79 Å². The van der Waals surface area contributed by atoms with Crippen LogP contribution in [0.15, 0.2) is 54.9 Å². The Morgan fingerprint density at radius 1 is 1.23 bits per heavy atom. The first-order chi connectivity index (χ1) is 14.5. The van der Waals surface area contributed by atoms with Gasteiger partial charge in [-0.2, -0.15) is 5.10 Å². The van der Waals surface area contributed by atoms with E-state index in [9.17, 15) is 9.59 Å². The van der Waals surface area contributed by atoms with Crippen molar-refractivity contribution < 1.29 is 14.3 Å². The van der Waals surface area contributed by atoms with Gasteiger partial charge in [0.15, 0.2) is 0 Å². The third-order valence-corrected chi connectivity index (χ3v) is 5.84. The molecule has 1 amide bonds. The monoisotopic (exact) mass is 403 g/mol. The number of nitrogens with one attached hydrogen (secondary N) is 1. The molecule has 3 aromatic rings. The standard InChI is InChI=1S/C24H25N3O3/c1-15-8-9-17(12-21(15)18-13-25-27(2)14-18)23(28)26-22(24(29)30-3)20-11-10-16-6-4-5-7-19(16)20/h4-9,12-14,20,22H,10-11H2,1-3H3,(H,26,28). The number of esters is 1. The van der Waals surface area contributed by atoms with Gasteiger partial charge < -0.3 is 10.1 Å². The number of carbonyl (C=O) groups excluding carboxylic acids is 2. The average Bonchev–Trinajstić information content (AvgIpc) is 3.38. The molecule has 0 fully saturated rings. The van der Waals surface area contributed by atoms with Gasteiger partial charge >= 0.3 is 5.97 Å². The molecular weight excluding hydrogens is 378 g/mol. The average molecular weight is 403 g/mol. The Hall–Kier alpha value is -3.41. The number of benzene rings is 2. The summed E-state index contributed by atoms with van der Waals surface area (Å²) in [5.41, 5.74) is 5.76. The Morgan fingerprint density at radius 2 is 2.03 bits per heavy atom. The van der Waals surface area contributed by atoms with E-state index in [2.05, 4.69) is 16.5 Å². The number of fused-ring (bicyclic) bond motifs is 1. The van der Waals surface area contributed by atoms with Crippen molar-refractivity contribution in [1.29, 1.82) is 0 Å². The maximum absolute atomic E-state index is 13.1. The normalized spacial score (nSPS) is 16.0. The third kappa shape index (κ3) is 3.73. The molecule has 0 aliphatic heterocycles. The van der Waals surface area contributed by atoms with Crippen LogP contribution in [0.4, 0.5) is 0 Å². The summed E-state index contributed by atoms with van der Waals surface area (Å²) in [6, 6.07) is 12.9. The molecule has 2 atom stereocenters. The van der Waals surface area contributed by atoms with E-state index < -0.39 is 12.0 Å². The highest BCUT2D eigenvalue weighted by molar-refractivity contribution is 5.98. The van der Waals surface area contributed by atoms with Gasteiger partial charge in [0, 0.05) is 30.3 Å². The Morgan fingerprint density at radius 3 is 2.77 bits per heavy atom. The van der Waals surface area contributed by atoms with Crippen molar-refractivity contribution in [1.82, 2.24) is 15.1 Å². The van der Waals surface area contributed by atoms with E-state index in [4.69, 9.17) is 4.74 Å². The number of rotatable bonds is 5. The summed E-state index contributed by atoms with van der Waals surface area (Å²) in [6.07, 6.45) is 5.38. The number of methoxy groups -OCH3 is 1. The molecule has 1 aliphatic rings. The molecule has 0 saturated carbocycles. The second-order valence-corrected chi connectivity index (χ2v) is 7.75. The molecule has 154 valence electrons. The van der Waals surface area contributed by atoms with Crippen LogP contribution in [0.1, 0.15) is 39.4 Å². The summed E-state index contributed by atoms with van der Waals surface area (Å²) in [5.74, 6) is -0.814. The zero-order valence-corrected chi connectivity index (χ0v) is 17.4. The van der Waals surface area contributed by atoms with Crippen LogP contribution in [-0.4, -0.2) is 34.8 Å². The van der Waals surface area contributed by atoms with Crippen molar-refractivity contribution >= 4 is 11.9 Å². The van der Waals surface area contributed by atoms with Crippen LogP contribution in [0.2, 0.25) is 0 Å². The third-order valence-electron chi connectivity index (χ3n) is 5.84. The molecule has 30 heavy (non-hydrogen) atoms. The molecule has 6 heteroatoms. The van der Waals surface area contributed by atoms with Crippen LogP contribution >= 0.6 is 0 Å². The second-order valence-electron chi connectivity index (χ2n) is 7.75. The van der Waals surface area contributed by atoms with Gasteiger partial charge in [0.05, 0.1) is 13.3 Å². The number of amides is 1. The number of aromatic nitrogens is 2. The molecule has 0 bridgehead atoms. The number of carbonyl (C=O) groups is 2. The molecule has 1 heterocycles. The van der Waals surface area contributed by atoms with E-state index in [1.807, 2.05) is 50.5 Å². The van der Waals surface area contributed by atoms with Crippen LogP contribution in [0.25, 0.3) is 11.1 Å². The van der Waals surface area contributed by atoms with E-state index in [0.717, 1.165) is 35.1 Å². The van der Waals surface area contributed by atoms with E-state index in [0.29, 0.717) is 5.56 Å². The van der Waals surface area contributed by atoms with Crippen LogP contribution in [-0.2, 0) is 23.0 Å². The van der Waals surface area contributed by atoms with Crippen molar-refractivity contribution in [3.8, 4) is 11.1 Å². The molecule has 2 aromatic carbocycles. The summed E-state index contributed by atoms with van der Waals surface area (Å²) >= 11 is 0. The van der Waals surface area contributed by atoms with Gasteiger partial charge in [0.25, 0.3) is 5.91 Å². The van der Waals surface area contributed by atoms with Gasteiger partial charge in [0.2, 0.25) is 0 Å². The second kappa shape index (κ2) is 8.14. The highest BCUT2D eigenvalue weighted by atomic mass is 16.5. The first-order valence-electron chi connectivity index (χ1n) is 10.0. The van der Waals surface area contributed by atoms with Gasteiger partial charge in [-0.3, -0.25) is 9.48 Å². The Kier molecular flexibility index (Phi) is 5.40. The van der Waals surface area contributed by atoms with E-state index in [1.54, 1.807) is 16.9 Å². The molecule has 4 rings (SSSR count). The molecule has 0 spiro atoms. The van der Waals surface area contributed by atoms with Crippen molar-refractivity contribution in [2.45, 2.75) is 31.7 Å². The smallest absolute Gasteiger partial charge is 0.329 e. The number of ether oxygens (including phenoxy) is 1. The Balaban J connectivity index is 1.62. The topological polar surface area (TPSA) is 73.2 Å². The van der Waals surface area contributed by atoms with Crippen LogP contribution in [0, 0.1) is 6.92 Å². The van der Waals surface area contributed by atoms with Crippen molar-refractivity contribution in [2.75, 3.05) is 7.11 Å². The fourth-order valence-electron chi connectivity index (χ4n) is 4.25. The maximum Gasteiger partial charge on any atom is 0.329 e. The van der Waals surface area contributed by atoms with E-state index >= 15 is 0 Å². The van der Waals surface area contributed by atoms with E-state index in [-0.39, 0.29) is 11.8 Å². The minimum atomic E-state index is -0.728. The predicted molar refractivity (Wildman–Crippen MR) is 114 cm³/mol. The largest absolute Gasteiger partial charge is 0.467 e. The maximum atomic E-state index is 13.1. The Bertz CT molecular complexity index is 1100. The van der Waals surface area contributed by atoms with Crippen molar-refractivity contribution in [3.05, 3.63) is 77.1 Å². The molecule has 1 N–H and O–H groups in total. The summed E-state index contributed by atoms with van der Waals surface area (Å²) in [4.78, 5) is 25.7. The highest BCUT2D eigenvalue weighted by Gasteiger charge is 2.36. The zero-order chi connectivity index (χ0) is 21.3. The van der Waals surface area contributed by atoms with Crippen molar-refractivity contribution in [2.24, 2.45) is 7.05 Å². The Labute approximate surface area is 175 Å². The summed E-state index contributed by atoms with van der Waals surface area (Å²) in [5, 5.41) is 7.16. The lowest BCUT2D eigenvalue weighted by Gasteiger charge is -2.23. The lowest BCUT2D eigenvalue weighted by Crippen LogP contribution is -2.45. The van der Waals surface area contributed by atoms with Crippen LogP contribution in [0.3, 0.4) is 0 Å². The molecule has 1 aromatic heterocycles. The summed E-state index contributed by atoms with van der Waals surface area (Å²) in [6.45, 7) is 2.00. The number of hydrogen-bond donors (Lipinski definition) is 1. The number of nitrogens with zero attached hydrogens (tertiary/aromatic N) is 2. The minimum absolute atomic E-state index is 0.0964. The summed E-state index contributed by atoms with van der Waals surface area (Å²) in [7, 11) is 3.21. The molecule has 2 unspecified atom stereocenters. The zero-order valence-electron chi connectivity index (χ0n) is 17.4. The first kappa shape index (κ1) is 19.9. The van der Waals surface area contributed by atoms with Crippen LogP contribution in [0.5, 0.6) is 0 Å². The first-order valence-corrected chi connectivity index (χ1v) is 10.0. The highest BCUT2D eigenvalue weighted by Crippen LogP contribution is 2.36. The molecule has 6 nitrogen and oxygen atoms in total. The van der Waals surface area contributed by atoms with Gasteiger partial charge in [-0.15, -0.1) is 0 Å². The SMILES string of the molecule is COC(=O)C(NC(=O)c1ccc(C)c(-c2cnn(C)c2)c1)C1CCc2ccccc21. The number of aryl methyl sites for hydroxylation is 3.